The fourth-order valence-electron chi connectivity index (χ4n) is 3.87. The van der Waals surface area contributed by atoms with E-state index in [0.717, 1.165) is 22.3 Å². The molecule has 178 valence electrons. The van der Waals surface area contributed by atoms with Gasteiger partial charge in [0.25, 0.3) is 0 Å². The molecule has 0 bridgehead atoms. The molecule has 1 amide bonds. The third kappa shape index (κ3) is 5.47. The van der Waals surface area contributed by atoms with Gasteiger partial charge < -0.3 is 19.6 Å². The minimum absolute atomic E-state index is 0.0195. The first kappa shape index (κ1) is 25.0. The van der Waals surface area contributed by atoms with E-state index in [1.165, 1.54) is 0 Å². The summed E-state index contributed by atoms with van der Waals surface area (Å²) in [6.45, 7) is 12.8. The fourth-order valence-corrected chi connectivity index (χ4v) is 4.98. The molecule has 0 fully saturated rings. The van der Waals surface area contributed by atoms with Gasteiger partial charge in [0.15, 0.2) is 8.32 Å². The molecular weight excluding hydrogens is 434 g/mol. The number of carbonyl (C=O) groups is 2. The molecule has 2 aromatic rings. The van der Waals surface area contributed by atoms with Crippen LogP contribution >= 0.6 is 0 Å². The van der Waals surface area contributed by atoms with E-state index >= 15 is 0 Å². The van der Waals surface area contributed by atoms with Crippen LogP contribution < -0.4 is 5.32 Å². The minimum atomic E-state index is -2.03. The monoisotopic (exact) mass is 469 g/mol. The predicted molar refractivity (Wildman–Crippen MR) is 132 cm³/mol. The largest absolute Gasteiger partial charge is 0.480 e. The van der Waals surface area contributed by atoms with Crippen molar-refractivity contribution in [3.05, 3.63) is 59.7 Å². The molecule has 0 saturated heterocycles. The van der Waals surface area contributed by atoms with Crippen LogP contribution in [0, 0.1) is 5.92 Å². The van der Waals surface area contributed by atoms with Crippen molar-refractivity contribution in [1.29, 1.82) is 0 Å². The number of hydrogen-bond donors (Lipinski definition) is 2. The lowest BCUT2D eigenvalue weighted by Crippen LogP contribution is -2.49. The van der Waals surface area contributed by atoms with E-state index in [1.807, 2.05) is 36.4 Å². The molecule has 6 nitrogen and oxygen atoms in total. The first-order valence-electron chi connectivity index (χ1n) is 11.4. The van der Waals surface area contributed by atoms with E-state index < -0.39 is 32.3 Å². The number of carbonyl (C=O) groups excluding carboxylic acids is 1. The average molecular weight is 470 g/mol. The highest BCUT2D eigenvalue weighted by Gasteiger charge is 2.38. The number of hydrogen-bond acceptors (Lipinski definition) is 4. The van der Waals surface area contributed by atoms with Gasteiger partial charge in [-0.1, -0.05) is 76.2 Å². The number of ether oxygens (including phenoxy) is 1. The minimum Gasteiger partial charge on any atom is -0.480 e. The van der Waals surface area contributed by atoms with Gasteiger partial charge >= 0.3 is 12.1 Å². The van der Waals surface area contributed by atoms with E-state index in [4.69, 9.17) is 9.16 Å². The Morgan fingerprint density at radius 3 is 2.03 bits per heavy atom. The van der Waals surface area contributed by atoms with E-state index in [0.29, 0.717) is 0 Å². The van der Waals surface area contributed by atoms with Gasteiger partial charge in [-0.3, -0.25) is 0 Å². The molecule has 1 aliphatic rings. The maximum atomic E-state index is 12.6. The molecule has 2 aromatic carbocycles. The zero-order valence-corrected chi connectivity index (χ0v) is 21.3. The number of nitrogens with one attached hydrogen (secondary N) is 1. The van der Waals surface area contributed by atoms with E-state index in [-0.39, 0.29) is 24.2 Å². The summed E-state index contributed by atoms with van der Waals surface area (Å²) < 4.78 is 11.7. The standard InChI is InChI=1S/C26H35NO5Si/c1-17(15-32-33(5,6)26(2,3)4)23(24(28)29)27-25(30)31-16-22-20-13-9-7-11-18(20)19-12-8-10-14-21(19)22/h7-14,17,22-23H,15-16H2,1-6H3,(H,27,30)(H,28,29)/t17-,23-/m1/s1. The molecule has 7 heteroatoms. The number of benzene rings is 2. The van der Waals surface area contributed by atoms with Crippen LogP contribution in [-0.2, 0) is 14.0 Å². The van der Waals surface area contributed by atoms with Gasteiger partial charge in [-0.25, -0.2) is 9.59 Å². The molecule has 0 saturated carbocycles. The van der Waals surface area contributed by atoms with Crippen LogP contribution in [0.1, 0.15) is 44.7 Å². The number of carboxylic acids is 1. The normalized spacial score (nSPS) is 15.3. The number of alkyl carbamates (subject to hydrolysis) is 1. The molecule has 2 N–H and O–H groups in total. The first-order valence-corrected chi connectivity index (χ1v) is 14.3. The summed E-state index contributed by atoms with van der Waals surface area (Å²) in [6.07, 6.45) is -0.733. The Balaban J connectivity index is 1.63. The third-order valence-electron chi connectivity index (χ3n) is 6.97. The Kier molecular flexibility index (Phi) is 7.34. The van der Waals surface area contributed by atoms with E-state index in [9.17, 15) is 14.7 Å². The van der Waals surface area contributed by atoms with Crippen molar-refractivity contribution in [2.75, 3.05) is 13.2 Å². The summed E-state index contributed by atoms with van der Waals surface area (Å²) in [5.74, 6) is -1.59. The summed E-state index contributed by atoms with van der Waals surface area (Å²) in [5.41, 5.74) is 4.50. The van der Waals surface area contributed by atoms with Crippen molar-refractivity contribution in [1.82, 2.24) is 5.32 Å². The van der Waals surface area contributed by atoms with Crippen molar-refractivity contribution in [3.8, 4) is 11.1 Å². The molecule has 2 atom stereocenters. The van der Waals surface area contributed by atoms with Crippen LogP contribution in [0.5, 0.6) is 0 Å². The van der Waals surface area contributed by atoms with Crippen LogP contribution in [0.25, 0.3) is 11.1 Å². The van der Waals surface area contributed by atoms with Gasteiger partial charge in [0.05, 0.1) is 0 Å². The molecule has 0 radical (unpaired) electrons. The number of aliphatic carboxylic acids is 1. The SMILES string of the molecule is C[C@H](CO[Si](C)(C)C(C)(C)C)[C@@H](NC(=O)OCC1c2ccccc2-c2ccccc21)C(=O)O. The molecule has 0 aliphatic heterocycles. The first-order chi connectivity index (χ1) is 15.4. The topological polar surface area (TPSA) is 84.9 Å². The number of fused-ring (bicyclic) bond motifs is 3. The van der Waals surface area contributed by atoms with Crippen molar-refractivity contribution < 1.29 is 23.9 Å². The maximum Gasteiger partial charge on any atom is 0.407 e. The highest BCUT2D eigenvalue weighted by atomic mass is 28.4. The average Bonchev–Trinajstić information content (AvgIpc) is 3.07. The second kappa shape index (κ2) is 9.69. The zero-order valence-electron chi connectivity index (χ0n) is 20.3. The molecule has 33 heavy (non-hydrogen) atoms. The molecule has 0 aromatic heterocycles. The molecule has 0 unspecified atom stereocenters. The molecule has 0 heterocycles. The second-order valence-corrected chi connectivity index (χ2v) is 15.1. The predicted octanol–water partition coefficient (Wildman–Crippen LogP) is 5.64. The Bertz CT molecular complexity index is 968. The quantitative estimate of drug-likeness (QED) is 0.489. The Hall–Kier alpha value is -2.64. The molecule has 3 rings (SSSR count). The number of carboxylic acid groups (broad SMARTS) is 1. The molecular formula is C26H35NO5Si. The van der Waals surface area contributed by atoms with E-state index in [2.05, 4.69) is 51.3 Å². The van der Waals surface area contributed by atoms with Crippen LogP contribution in [0.15, 0.2) is 48.5 Å². The lowest BCUT2D eigenvalue weighted by atomic mass is 9.98. The van der Waals surface area contributed by atoms with Gasteiger partial charge in [0.2, 0.25) is 0 Å². The maximum absolute atomic E-state index is 12.6. The van der Waals surface area contributed by atoms with Gasteiger partial charge in [-0.15, -0.1) is 0 Å². The lowest BCUT2D eigenvalue weighted by Gasteiger charge is -2.37. The number of rotatable bonds is 8. The summed E-state index contributed by atoms with van der Waals surface area (Å²) in [7, 11) is -2.03. The summed E-state index contributed by atoms with van der Waals surface area (Å²) in [4.78, 5) is 24.4. The van der Waals surface area contributed by atoms with Crippen molar-refractivity contribution in [2.45, 2.75) is 57.8 Å². The van der Waals surface area contributed by atoms with Gasteiger partial charge in [0, 0.05) is 18.4 Å². The molecule has 0 spiro atoms. The lowest BCUT2D eigenvalue weighted by molar-refractivity contribution is -0.141. The van der Waals surface area contributed by atoms with Gasteiger partial charge in [-0.2, -0.15) is 0 Å². The zero-order chi connectivity index (χ0) is 24.4. The summed E-state index contributed by atoms with van der Waals surface area (Å²) in [6, 6.07) is 15.1. The summed E-state index contributed by atoms with van der Waals surface area (Å²) >= 11 is 0. The number of amides is 1. The van der Waals surface area contributed by atoms with Crippen molar-refractivity contribution in [2.24, 2.45) is 5.92 Å². The van der Waals surface area contributed by atoms with E-state index in [1.54, 1.807) is 6.92 Å². The Labute approximate surface area is 197 Å². The van der Waals surface area contributed by atoms with Crippen molar-refractivity contribution >= 4 is 20.4 Å². The highest BCUT2D eigenvalue weighted by molar-refractivity contribution is 6.74. The summed E-state index contributed by atoms with van der Waals surface area (Å²) in [5, 5.41) is 12.3. The Morgan fingerprint density at radius 1 is 1.03 bits per heavy atom. The van der Waals surface area contributed by atoms with Crippen molar-refractivity contribution in [3.63, 3.8) is 0 Å². The van der Waals surface area contributed by atoms with Gasteiger partial charge in [-0.05, 0) is 40.4 Å². The molecule has 1 aliphatic carbocycles. The smallest absolute Gasteiger partial charge is 0.407 e. The van der Waals surface area contributed by atoms with Crippen LogP contribution in [-0.4, -0.2) is 44.7 Å². The van der Waals surface area contributed by atoms with Crippen LogP contribution in [0.4, 0.5) is 4.79 Å². The second-order valence-electron chi connectivity index (χ2n) is 10.3. The highest BCUT2D eigenvalue weighted by Crippen LogP contribution is 2.44. The fraction of sp³-hybridized carbons (Fsp3) is 0.462. The van der Waals surface area contributed by atoms with Crippen LogP contribution in [0.2, 0.25) is 18.1 Å². The van der Waals surface area contributed by atoms with Crippen LogP contribution in [0.3, 0.4) is 0 Å². The van der Waals surface area contributed by atoms with Gasteiger partial charge in [0.1, 0.15) is 12.6 Å². The third-order valence-corrected chi connectivity index (χ3v) is 11.5. The Morgan fingerprint density at radius 2 is 1.55 bits per heavy atom.